The Hall–Kier alpha value is -3.25. The van der Waals surface area contributed by atoms with Gasteiger partial charge in [-0.3, -0.25) is 14.7 Å². The third-order valence-electron chi connectivity index (χ3n) is 5.46. The first-order valence-electron chi connectivity index (χ1n) is 9.53. The predicted octanol–water partition coefficient (Wildman–Crippen LogP) is 4.13. The van der Waals surface area contributed by atoms with Gasteiger partial charge in [-0.1, -0.05) is 6.07 Å². The number of nitrogens with zero attached hydrogens (tertiary/aromatic N) is 3. The molecule has 5 rings (SSSR count). The minimum absolute atomic E-state index is 0.139. The van der Waals surface area contributed by atoms with Gasteiger partial charge < -0.3 is 10.3 Å². The maximum atomic E-state index is 12.7. The number of H-pyrrole nitrogens is 1. The molecule has 28 heavy (non-hydrogen) atoms. The molecule has 2 aromatic carbocycles. The molecule has 0 spiro atoms. The number of imidazole rings is 1. The van der Waals surface area contributed by atoms with Gasteiger partial charge in [0.2, 0.25) is 0 Å². The van der Waals surface area contributed by atoms with Crippen LogP contribution in [-0.4, -0.2) is 39.4 Å². The molecule has 3 heterocycles. The summed E-state index contributed by atoms with van der Waals surface area (Å²) in [6.07, 6.45) is 4.07. The number of carbonyl (C=O) groups excluding carboxylic acids is 1. The van der Waals surface area contributed by atoms with Crippen molar-refractivity contribution in [2.24, 2.45) is 0 Å². The molecule has 1 aliphatic rings. The number of nitrogens with one attached hydrogen (secondary N) is 2. The molecule has 1 aliphatic heterocycles. The van der Waals surface area contributed by atoms with E-state index in [0.29, 0.717) is 11.6 Å². The summed E-state index contributed by atoms with van der Waals surface area (Å²) in [5.41, 5.74) is 4.10. The van der Waals surface area contributed by atoms with E-state index >= 15 is 0 Å². The zero-order valence-electron chi connectivity index (χ0n) is 15.6. The lowest BCUT2D eigenvalue weighted by molar-refractivity contribution is 0.102. The molecule has 1 atom stereocenters. The van der Waals surface area contributed by atoms with Crippen LogP contribution in [0.3, 0.4) is 0 Å². The molecule has 4 aromatic rings. The zero-order valence-corrected chi connectivity index (χ0v) is 15.6. The molecule has 0 bridgehead atoms. The van der Waals surface area contributed by atoms with Gasteiger partial charge in [-0.05, 0) is 68.9 Å². The van der Waals surface area contributed by atoms with Crippen LogP contribution in [0.5, 0.6) is 0 Å². The molecule has 2 N–H and O–H groups in total. The fraction of sp³-hybridized carbons (Fsp3) is 0.227. The maximum Gasteiger partial charge on any atom is 0.255 e. The lowest BCUT2D eigenvalue weighted by atomic mass is 10.1. The summed E-state index contributed by atoms with van der Waals surface area (Å²) < 4.78 is 0. The predicted molar refractivity (Wildman–Crippen MR) is 110 cm³/mol. The Morgan fingerprint density at radius 3 is 2.93 bits per heavy atom. The van der Waals surface area contributed by atoms with Gasteiger partial charge in [0.05, 0.1) is 22.6 Å². The number of benzene rings is 2. The number of amides is 1. The van der Waals surface area contributed by atoms with Gasteiger partial charge >= 0.3 is 0 Å². The molecule has 0 saturated carbocycles. The highest BCUT2D eigenvalue weighted by Gasteiger charge is 2.25. The lowest BCUT2D eigenvalue weighted by Crippen LogP contribution is -2.18. The normalized spacial score (nSPS) is 17.4. The molecule has 140 valence electrons. The van der Waals surface area contributed by atoms with Crippen LogP contribution in [-0.2, 0) is 0 Å². The molecule has 0 aliphatic carbocycles. The van der Waals surface area contributed by atoms with E-state index in [0.717, 1.165) is 46.4 Å². The average molecular weight is 371 g/mol. The third kappa shape index (κ3) is 3.01. The van der Waals surface area contributed by atoms with Crippen molar-refractivity contribution >= 4 is 33.5 Å². The molecule has 0 radical (unpaired) electrons. The van der Waals surface area contributed by atoms with E-state index in [2.05, 4.69) is 27.2 Å². The number of carbonyl (C=O) groups is 1. The van der Waals surface area contributed by atoms with Crippen LogP contribution < -0.4 is 5.32 Å². The number of hydrogen-bond acceptors (Lipinski definition) is 4. The van der Waals surface area contributed by atoms with Crippen LogP contribution in [0.2, 0.25) is 0 Å². The molecule has 1 amide bonds. The maximum absolute atomic E-state index is 12.7. The summed E-state index contributed by atoms with van der Waals surface area (Å²) in [5, 5.41) is 3.93. The van der Waals surface area contributed by atoms with Gasteiger partial charge in [-0.2, -0.15) is 0 Å². The number of rotatable bonds is 3. The minimum atomic E-state index is -0.139. The number of hydrogen-bond donors (Lipinski definition) is 2. The van der Waals surface area contributed by atoms with Crippen LogP contribution >= 0.6 is 0 Å². The topological polar surface area (TPSA) is 73.9 Å². The lowest BCUT2D eigenvalue weighted by Gasteiger charge is -2.16. The highest BCUT2D eigenvalue weighted by Crippen LogP contribution is 2.30. The van der Waals surface area contributed by atoms with Crippen molar-refractivity contribution in [3.8, 4) is 0 Å². The van der Waals surface area contributed by atoms with Crippen molar-refractivity contribution in [2.45, 2.75) is 18.9 Å². The molecular formula is C22H21N5O. The van der Waals surface area contributed by atoms with E-state index in [1.54, 1.807) is 12.3 Å². The van der Waals surface area contributed by atoms with E-state index < -0.39 is 0 Å². The Bertz CT molecular complexity index is 1180. The first-order chi connectivity index (χ1) is 13.7. The van der Waals surface area contributed by atoms with Gasteiger partial charge in [0.1, 0.15) is 5.82 Å². The second-order valence-electron chi connectivity index (χ2n) is 7.36. The molecule has 6 nitrogen and oxygen atoms in total. The van der Waals surface area contributed by atoms with E-state index in [1.807, 2.05) is 42.5 Å². The minimum Gasteiger partial charge on any atom is -0.341 e. The molecule has 1 saturated heterocycles. The van der Waals surface area contributed by atoms with Gasteiger partial charge in [0.15, 0.2) is 0 Å². The quantitative estimate of drug-likeness (QED) is 0.568. The molecule has 1 unspecified atom stereocenters. The van der Waals surface area contributed by atoms with E-state index in [1.165, 1.54) is 6.42 Å². The van der Waals surface area contributed by atoms with E-state index in [-0.39, 0.29) is 5.91 Å². The number of pyridine rings is 1. The van der Waals surface area contributed by atoms with Crippen LogP contribution in [0.4, 0.5) is 5.69 Å². The molecular weight excluding hydrogens is 350 g/mol. The zero-order chi connectivity index (χ0) is 19.1. The van der Waals surface area contributed by atoms with Gasteiger partial charge in [0.25, 0.3) is 5.91 Å². The summed E-state index contributed by atoms with van der Waals surface area (Å²) in [6, 6.07) is 15.5. The standard InChI is InChI=1S/C22H21N5O/c1-27-11-3-5-20(27)21-25-18-9-7-16(13-19(18)26-21)24-22(28)15-6-8-17-14(12-15)4-2-10-23-17/h2,4,6-10,12-13,20H,3,5,11H2,1H3,(H,24,28)(H,25,26). The van der Waals surface area contributed by atoms with Crippen molar-refractivity contribution in [3.63, 3.8) is 0 Å². The van der Waals surface area contributed by atoms with Crippen LogP contribution in [0.1, 0.15) is 35.1 Å². The Morgan fingerprint density at radius 2 is 2.07 bits per heavy atom. The fourth-order valence-electron chi connectivity index (χ4n) is 3.94. The summed E-state index contributed by atoms with van der Waals surface area (Å²) >= 11 is 0. The van der Waals surface area contributed by atoms with Crippen molar-refractivity contribution in [1.82, 2.24) is 19.9 Å². The number of aromatic nitrogens is 3. The number of aromatic amines is 1. The summed E-state index contributed by atoms with van der Waals surface area (Å²) in [6.45, 7) is 1.10. The van der Waals surface area contributed by atoms with Crippen molar-refractivity contribution in [3.05, 3.63) is 66.1 Å². The Kier molecular flexibility index (Phi) is 4.06. The van der Waals surface area contributed by atoms with Gasteiger partial charge in [-0.15, -0.1) is 0 Å². The van der Waals surface area contributed by atoms with Crippen LogP contribution in [0, 0.1) is 0 Å². The Balaban J connectivity index is 1.40. The average Bonchev–Trinajstić information content (AvgIpc) is 3.32. The monoisotopic (exact) mass is 371 g/mol. The fourth-order valence-corrected chi connectivity index (χ4v) is 3.94. The Labute approximate surface area is 162 Å². The van der Waals surface area contributed by atoms with E-state index in [9.17, 15) is 4.79 Å². The highest BCUT2D eigenvalue weighted by atomic mass is 16.1. The van der Waals surface area contributed by atoms with Crippen molar-refractivity contribution in [2.75, 3.05) is 18.9 Å². The number of fused-ring (bicyclic) bond motifs is 2. The summed E-state index contributed by atoms with van der Waals surface area (Å²) in [4.78, 5) is 27.5. The largest absolute Gasteiger partial charge is 0.341 e. The Morgan fingerprint density at radius 1 is 1.18 bits per heavy atom. The molecule has 2 aromatic heterocycles. The highest BCUT2D eigenvalue weighted by molar-refractivity contribution is 6.06. The van der Waals surface area contributed by atoms with Crippen molar-refractivity contribution < 1.29 is 4.79 Å². The first-order valence-corrected chi connectivity index (χ1v) is 9.53. The summed E-state index contributed by atoms with van der Waals surface area (Å²) in [5.74, 6) is 0.862. The van der Waals surface area contributed by atoms with Gasteiger partial charge in [0, 0.05) is 22.8 Å². The first kappa shape index (κ1) is 16.9. The van der Waals surface area contributed by atoms with Crippen molar-refractivity contribution in [1.29, 1.82) is 0 Å². The third-order valence-corrected chi connectivity index (χ3v) is 5.46. The van der Waals surface area contributed by atoms with Crippen LogP contribution in [0.25, 0.3) is 21.9 Å². The SMILES string of the molecule is CN1CCCC1c1nc2ccc(NC(=O)c3ccc4ncccc4c3)cc2[nH]1. The van der Waals surface area contributed by atoms with Gasteiger partial charge in [-0.25, -0.2) is 4.98 Å². The number of likely N-dealkylation sites (tertiary alicyclic amines) is 1. The smallest absolute Gasteiger partial charge is 0.255 e. The second kappa shape index (κ2) is 6.73. The summed E-state index contributed by atoms with van der Waals surface area (Å²) in [7, 11) is 2.13. The molecule has 6 heteroatoms. The molecule has 1 fully saturated rings. The second-order valence-corrected chi connectivity index (χ2v) is 7.36. The van der Waals surface area contributed by atoms with E-state index in [4.69, 9.17) is 4.98 Å². The number of anilines is 1. The van der Waals surface area contributed by atoms with Crippen LogP contribution in [0.15, 0.2) is 54.7 Å².